The first-order valence-corrected chi connectivity index (χ1v) is 9.37. The number of ether oxygens (including phenoxy) is 1. The molecule has 0 bridgehead atoms. The highest BCUT2D eigenvalue weighted by atomic mass is 32.2. The Balaban J connectivity index is 1.37. The first kappa shape index (κ1) is 17.3. The molecule has 2 aromatic heterocycles. The van der Waals surface area contributed by atoms with E-state index in [-0.39, 0.29) is 12.5 Å². The molecule has 1 aliphatic heterocycles. The number of imidazole rings is 1. The molecule has 4 rings (SSSR count). The van der Waals surface area contributed by atoms with Crippen molar-refractivity contribution >= 4 is 34.2 Å². The van der Waals surface area contributed by atoms with Gasteiger partial charge in [-0.05, 0) is 24.6 Å². The maximum absolute atomic E-state index is 12.2. The highest BCUT2D eigenvalue weighted by Gasteiger charge is 2.15. The van der Waals surface area contributed by atoms with Crippen LogP contribution < -0.4 is 10.1 Å². The second kappa shape index (κ2) is 7.63. The summed E-state index contributed by atoms with van der Waals surface area (Å²) in [5.41, 5.74) is 3.49. The molecule has 0 unspecified atom stereocenters. The molecule has 0 spiro atoms. The molecule has 0 atom stereocenters. The van der Waals surface area contributed by atoms with E-state index in [0.717, 1.165) is 17.0 Å². The van der Waals surface area contributed by atoms with Gasteiger partial charge in [-0.1, -0.05) is 42.1 Å². The summed E-state index contributed by atoms with van der Waals surface area (Å²) in [6.45, 7) is 1.78. The molecule has 3 heterocycles. The lowest BCUT2D eigenvalue weighted by Gasteiger charge is -2.13. The molecule has 27 heavy (non-hydrogen) atoms. The molecule has 1 aliphatic rings. The predicted octanol–water partition coefficient (Wildman–Crippen LogP) is 2.64. The Kier molecular flexibility index (Phi) is 4.88. The van der Waals surface area contributed by atoms with Crippen molar-refractivity contribution in [1.82, 2.24) is 14.7 Å². The van der Waals surface area contributed by atoms with Gasteiger partial charge in [-0.3, -0.25) is 4.79 Å². The highest BCUT2D eigenvalue weighted by molar-refractivity contribution is 8.14. The number of rotatable bonds is 4. The van der Waals surface area contributed by atoms with Crippen molar-refractivity contribution in [1.29, 1.82) is 0 Å². The topological polar surface area (TPSA) is 80.4 Å². The number of benzene rings is 1. The third-order valence-electron chi connectivity index (χ3n) is 3.89. The molecule has 0 saturated heterocycles. The number of hydrogen-bond acceptors (Lipinski definition) is 6. The van der Waals surface area contributed by atoms with Crippen LogP contribution in [0.25, 0.3) is 5.65 Å². The predicted molar refractivity (Wildman–Crippen MR) is 106 cm³/mol. The minimum atomic E-state index is -0.287. The van der Waals surface area contributed by atoms with Gasteiger partial charge in [0.1, 0.15) is 0 Å². The van der Waals surface area contributed by atoms with E-state index in [4.69, 9.17) is 4.74 Å². The van der Waals surface area contributed by atoms with Crippen LogP contribution in [0.3, 0.4) is 0 Å². The molecule has 1 N–H and O–H groups in total. The van der Waals surface area contributed by atoms with E-state index in [2.05, 4.69) is 20.5 Å². The monoisotopic (exact) mass is 379 g/mol. The third-order valence-corrected chi connectivity index (χ3v) is 4.76. The van der Waals surface area contributed by atoms with Gasteiger partial charge < -0.3 is 14.5 Å². The quantitative estimate of drug-likeness (QED) is 0.756. The van der Waals surface area contributed by atoms with Gasteiger partial charge in [0, 0.05) is 18.1 Å². The summed E-state index contributed by atoms with van der Waals surface area (Å²) in [6.07, 6.45) is 3.79. The lowest BCUT2D eigenvalue weighted by Crippen LogP contribution is -2.34. The van der Waals surface area contributed by atoms with E-state index in [1.807, 2.05) is 60.1 Å². The average Bonchev–Trinajstić information content (AvgIpc) is 3.08. The van der Waals surface area contributed by atoms with Crippen LogP contribution in [0.1, 0.15) is 11.3 Å². The van der Waals surface area contributed by atoms with Gasteiger partial charge in [-0.25, -0.2) is 4.98 Å². The van der Waals surface area contributed by atoms with Gasteiger partial charge in [-0.2, -0.15) is 5.10 Å². The van der Waals surface area contributed by atoms with Crippen molar-refractivity contribution in [3.05, 3.63) is 66.1 Å². The van der Waals surface area contributed by atoms with E-state index < -0.39 is 0 Å². The van der Waals surface area contributed by atoms with Gasteiger partial charge >= 0.3 is 0 Å². The Morgan fingerprint density at radius 1 is 1.22 bits per heavy atom. The standard InChI is InChI=1S/C19H17N5O2S/c1-13-10-24-9-5-8-16(18(24)20-13)26-11-17(25)21-19-23-22-15(12-27-19)14-6-3-2-4-7-14/h2-10H,11-12H2,1H3,(H,21,23,25). The van der Waals surface area contributed by atoms with Gasteiger partial charge in [-0.15, -0.1) is 5.10 Å². The lowest BCUT2D eigenvalue weighted by atomic mass is 10.1. The SMILES string of the molecule is Cc1cn2cccc(OCC(=O)NC3=NN=C(c4ccccc4)CS3)c2n1. The van der Waals surface area contributed by atoms with Crippen LogP contribution >= 0.6 is 11.8 Å². The number of thioether (sulfide) groups is 1. The fraction of sp³-hybridized carbons (Fsp3) is 0.158. The molecule has 136 valence electrons. The number of hydrogen-bond donors (Lipinski definition) is 1. The number of nitrogens with one attached hydrogen (secondary N) is 1. The Morgan fingerprint density at radius 2 is 2.07 bits per heavy atom. The Hall–Kier alpha value is -3.13. The number of aryl methyl sites for hydroxylation is 1. The van der Waals surface area contributed by atoms with Crippen molar-refractivity contribution in [3.63, 3.8) is 0 Å². The number of amidine groups is 1. The summed E-state index contributed by atoms with van der Waals surface area (Å²) in [5, 5.41) is 11.5. The summed E-state index contributed by atoms with van der Waals surface area (Å²) in [5.74, 6) is 0.921. The zero-order valence-corrected chi connectivity index (χ0v) is 15.4. The molecular formula is C19H17N5O2S. The molecule has 8 heteroatoms. The molecule has 1 aromatic carbocycles. The number of pyridine rings is 1. The van der Waals surface area contributed by atoms with Crippen LogP contribution in [-0.2, 0) is 4.79 Å². The maximum Gasteiger partial charge on any atom is 0.263 e. The van der Waals surface area contributed by atoms with Crippen LogP contribution in [0.5, 0.6) is 5.75 Å². The second-order valence-electron chi connectivity index (χ2n) is 5.93. The molecule has 1 amide bonds. The number of aromatic nitrogens is 2. The molecule has 0 radical (unpaired) electrons. The van der Waals surface area contributed by atoms with E-state index >= 15 is 0 Å². The summed E-state index contributed by atoms with van der Waals surface area (Å²) in [7, 11) is 0. The summed E-state index contributed by atoms with van der Waals surface area (Å²) < 4.78 is 7.50. The molecule has 0 saturated carbocycles. The van der Waals surface area contributed by atoms with Crippen molar-refractivity contribution in [2.24, 2.45) is 10.2 Å². The fourth-order valence-corrected chi connectivity index (χ4v) is 3.44. The molecular weight excluding hydrogens is 362 g/mol. The van der Waals surface area contributed by atoms with E-state index in [9.17, 15) is 4.79 Å². The minimum absolute atomic E-state index is 0.125. The lowest BCUT2D eigenvalue weighted by molar-refractivity contribution is -0.121. The van der Waals surface area contributed by atoms with Crippen LogP contribution in [0, 0.1) is 6.92 Å². The van der Waals surface area contributed by atoms with Crippen molar-refractivity contribution in [2.75, 3.05) is 12.4 Å². The summed E-state index contributed by atoms with van der Waals surface area (Å²) in [4.78, 5) is 16.6. The minimum Gasteiger partial charge on any atom is -0.480 e. The summed E-state index contributed by atoms with van der Waals surface area (Å²) in [6, 6.07) is 13.5. The molecule has 0 fully saturated rings. The van der Waals surface area contributed by atoms with Crippen molar-refractivity contribution < 1.29 is 9.53 Å². The first-order valence-electron chi connectivity index (χ1n) is 8.39. The maximum atomic E-state index is 12.2. The Labute approximate surface area is 160 Å². The first-order chi connectivity index (χ1) is 13.2. The van der Waals surface area contributed by atoms with E-state index in [0.29, 0.717) is 22.3 Å². The van der Waals surface area contributed by atoms with Crippen molar-refractivity contribution in [3.8, 4) is 5.75 Å². The fourth-order valence-electron chi connectivity index (χ4n) is 2.65. The van der Waals surface area contributed by atoms with Crippen LogP contribution in [0.15, 0.2) is 65.1 Å². The van der Waals surface area contributed by atoms with Gasteiger partial charge in [0.25, 0.3) is 5.91 Å². The highest BCUT2D eigenvalue weighted by Crippen LogP contribution is 2.19. The number of nitrogens with zero attached hydrogens (tertiary/aromatic N) is 4. The van der Waals surface area contributed by atoms with Crippen LogP contribution in [0.4, 0.5) is 0 Å². The molecule has 7 nitrogen and oxygen atoms in total. The zero-order valence-electron chi connectivity index (χ0n) is 14.6. The number of carbonyl (C=O) groups excluding carboxylic acids is 1. The number of carbonyl (C=O) groups is 1. The van der Waals surface area contributed by atoms with Crippen LogP contribution in [0.2, 0.25) is 0 Å². The van der Waals surface area contributed by atoms with Gasteiger partial charge in [0.15, 0.2) is 23.2 Å². The van der Waals surface area contributed by atoms with Gasteiger partial charge in [0.05, 0.1) is 11.4 Å². The van der Waals surface area contributed by atoms with Gasteiger partial charge in [0.2, 0.25) is 0 Å². The summed E-state index contributed by atoms with van der Waals surface area (Å²) >= 11 is 1.44. The van der Waals surface area contributed by atoms with Crippen molar-refractivity contribution in [2.45, 2.75) is 6.92 Å². The van der Waals surface area contributed by atoms with Crippen LogP contribution in [-0.4, -0.2) is 38.5 Å². The smallest absolute Gasteiger partial charge is 0.263 e. The normalized spacial score (nSPS) is 13.8. The number of fused-ring (bicyclic) bond motifs is 1. The third kappa shape index (κ3) is 4.01. The molecule has 3 aromatic rings. The Morgan fingerprint density at radius 3 is 2.85 bits per heavy atom. The zero-order chi connectivity index (χ0) is 18.6. The van der Waals surface area contributed by atoms with E-state index in [1.54, 1.807) is 6.07 Å². The van der Waals surface area contributed by atoms with E-state index in [1.165, 1.54) is 11.8 Å². The largest absolute Gasteiger partial charge is 0.480 e. The Bertz CT molecular complexity index is 1040. The number of amides is 1. The molecule has 0 aliphatic carbocycles. The second-order valence-corrected chi connectivity index (χ2v) is 6.89. The average molecular weight is 379 g/mol.